The van der Waals surface area contributed by atoms with Crippen molar-refractivity contribution in [1.82, 2.24) is 9.80 Å². The van der Waals surface area contributed by atoms with E-state index in [2.05, 4.69) is 37.5 Å². The molecule has 0 atom stereocenters. The molecule has 2 heterocycles. The van der Waals surface area contributed by atoms with Gasteiger partial charge in [0.15, 0.2) is 0 Å². The maximum Gasteiger partial charge on any atom is 0.0212 e. The molecule has 2 saturated heterocycles. The van der Waals surface area contributed by atoms with Gasteiger partial charge in [-0.2, -0.15) is 0 Å². The lowest BCUT2D eigenvalue weighted by molar-refractivity contribution is -0.144. The molecule has 0 aromatic rings. The van der Waals surface area contributed by atoms with Crippen LogP contribution < -0.4 is 0 Å². The van der Waals surface area contributed by atoms with Gasteiger partial charge in [0.1, 0.15) is 0 Å². The Morgan fingerprint density at radius 3 is 1.89 bits per heavy atom. The molecule has 1 spiro atoms. The SMILES string of the molecule is CC(C)C1CCC(N2CC3(CN(C(C)C)C3)C2)CC1. The topological polar surface area (TPSA) is 6.48 Å². The summed E-state index contributed by atoms with van der Waals surface area (Å²) < 4.78 is 0. The van der Waals surface area contributed by atoms with E-state index in [-0.39, 0.29) is 0 Å². The Kier molecular flexibility index (Phi) is 3.68. The highest BCUT2D eigenvalue weighted by atomic mass is 15.3. The Labute approximate surface area is 119 Å². The summed E-state index contributed by atoms with van der Waals surface area (Å²) >= 11 is 0. The van der Waals surface area contributed by atoms with Crippen LogP contribution in [0.4, 0.5) is 0 Å². The molecular weight excluding hydrogens is 232 g/mol. The fourth-order valence-electron chi connectivity index (χ4n) is 4.59. The molecule has 2 nitrogen and oxygen atoms in total. The number of hydrogen-bond donors (Lipinski definition) is 0. The van der Waals surface area contributed by atoms with Gasteiger partial charge in [-0.15, -0.1) is 0 Å². The summed E-state index contributed by atoms with van der Waals surface area (Å²) in [4.78, 5) is 5.43. The van der Waals surface area contributed by atoms with E-state index in [9.17, 15) is 0 Å². The highest BCUT2D eigenvalue weighted by molar-refractivity contribution is 5.07. The van der Waals surface area contributed by atoms with Crippen LogP contribution in [0.2, 0.25) is 0 Å². The highest BCUT2D eigenvalue weighted by Gasteiger charge is 2.53. The van der Waals surface area contributed by atoms with Crippen molar-refractivity contribution in [3.8, 4) is 0 Å². The first kappa shape index (κ1) is 13.9. The molecular formula is C17H32N2. The molecule has 0 N–H and O–H groups in total. The summed E-state index contributed by atoms with van der Waals surface area (Å²) in [6, 6.07) is 1.68. The summed E-state index contributed by atoms with van der Waals surface area (Å²) in [7, 11) is 0. The molecule has 3 aliphatic rings. The van der Waals surface area contributed by atoms with Crippen LogP contribution in [0.1, 0.15) is 53.4 Å². The van der Waals surface area contributed by atoms with Crippen LogP contribution in [0.15, 0.2) is 0 Å². The van der Waals surface area contributed by atoms with Crippen molar-refractivity contribution in [3.63, 3.8) is 0 Å². The third-order valence-corrected chi connectivity index (χ3v) is 6.08. The average molecular weight is 264 g/mol. The normalized spacial score (nSPS) is 35.7. The van der Waals surface area contributed by atoms with Crippen molar-refractivity contribution in [1.29, 1.82) is 0 Å². The molecule has 0 aromatic heterocycles. The van der Waals surface area contributed by atoms with Crippen LogP contribution in [-0.4, -0.2) is 48.1 Å². The van der Waals surface area contributed by atoms with E-state index < -0.39 is 0 Å². The predicted octanol–water partition coefficient (Wildman–Crippen LogP) is 3.23. The third-order valence-electron chi connectivity index (χ3n) is 6.08. The van der Waals surface area contributed by atoms with Crippen LogP contribution in [0, 0.1) is 17.3 Å². The minimum atomic E-state index is 0.708. The summed E-state index contributed by atoms with van der Waals surface area (Å²) in [5.74, 6) is 1.90. The molecule has 2 aliphatic heterocycles. The Hall–Kier alpha value is -0.0800. The van der Waals surface area contributed by atoms with Gasteiger partial charge >= 0.3 is 0 Å². The van der Waals surface area contributed by atoms with E-state index in [0.717, 1.165) is 23.9 Å². The van der Waals surface area contributed by atoms with Crippen molar-refractivity contribution >= 4 is 0 Å². The van der Waals surface area contributed by atoms with E-state index in [1.54, 1.807) is 0 Å². The van der Waals surface area contributed by atoms with Gasteiger partial charge in [-0.3, -0.25) is 9.80 Å². The van der Waals surface area contributed by atoms with Crippen LogP contribution in [0.5, 0.6) is 0 Å². The van der Waals surface area contributed by atoms with Crippen molar-refractivity contribution < 1.29 is 0 Å². The maximum atomic E-state index is 2.80. The van der Waals surface area contributed by atoms with Gasteiger partial charge in [0.25, 0.3) is 0 Å². The van der Waals surface area contributed by atoms with E-state index >= 15 is 0 Å². The molecule has 2 heteroatoms. The van der Waals surface area contributed by atoms with Gasteiger partial charge in [0.2, 0.25) is 0 Å². The third kappa shape index (κ3) is 2.58. The zero-order valence-corrected chi connectivity index (χ0v) is 13.4. The van der Waals surface area contributed by atoms with Crippen molar-refractivity contribution in [2.45, 2.75) is 65.5 Å². The Morgan fingerprint density at radius 1 is 0.842 bits per heavy atom. The Morgan fingerprint density at radius 2 is 1.42 bits per heavy atom. The first-order valence-corrected chi connectivity index (χ1v) is 8.47. The summed E-state index contributed by atoms with van der Waals surface area (Å²) in [6.45, 7) is 15.0. The molecule has 3 rings (SSSR count). The van der Waals surface area contributed by atoms with Crippen molar-refractivity contribution in [2.24, 2.45) is 17.3 Å². The van der Waals surface area contributed by atoms with Crippen molar-refractivity contribution in [2.75, 3.05) is 26.2 Å². The largest absolute Gasteiger partial charge is 0.300 e. The zero-order chi connectivity index (χ0) is 13.6. The standard InChI is InChI=1S/C17H32N2/c1-13(2)15-5-7-16(8-6-15)19-11-17(12-19)9-18(10-17)14(3)4/h13-16H,5-12H2,1-4H3. The van der Waals surface area contributed by atoms with E-state index in [0.29, 0.717) is 5.41 Å². The quantitative estimate of drug-likeness (QED) is 0.772. The second-order valence-electron chi connectivity index (χ2n) is 8.22. The first-order chi connectivity index (χ1) is 8.99. The molecule has 0 bridgehead atoms. The number of hydrogen-bond acceptors (Lipinski definition) is 2. The minimum absolute atomic E-state index is 0.708. The fourth-order valence-corrected chi connectivity index (χ4v) is 4.59. The number of likely N-dealkylation sites (tertiary alicyclic amines) is 2. The second-order valence-corrected chi connectivity index (χ2v) is 8.22. The summed E-state index contributed by atoms with van der Waals surface area (Å²) in [5.41, 5.74) is 0.708. The number of rotatable bonds is 3. The lowest BCUT2D eigenvalue weighted by Crippen LogP contribution is -2.74. The second kappa shape index (κ2) is 5.04. The van der Waals surface area contributed by atoms with E-state index in [1.165, 1.54) is 51.9 Å². The number of nitrogens with zero attached hydrogens (tertiary/aromatic N) is 2. The smallest absolute Gasteiger partial charge is 0.0212 e. The van der Waals surface area contributed by atoms with Gasteiger partial charge in [-0.1, -0.05) is 13.8 Å². The van der Waals surface area contributed by atoms with Gasteiger partial charge in [0.05, 0.1) is 0 Å². The molecule has 19 heavy (non-hydrogen) atoms. The monoisotopic (exact) mass is 264 g/mol. The van der Waals surface area contributed by atoms with Crippen LogP contribution >= 0.6 is 0 Å². The molecule has 3 fully saturated rings. The Bertz CT molecular complexity index is 301. The minimum Gasteiger partial charge on any atom is -0.300 e. The molecule has 0 amide bonds. The first-order valence-electron chi connectivity index (χ1n) is 8.47. The summed E-state index contributed by atoms with van der Waals surface area (Å²) in [6.07, 6.45) is 5.88. The lowest BCUT2D eigenvalue weighted by atomic mass is 9.70. The highest BCUT2D eigenvalue weighted by Crippen LogP contribution is 2.44. The zero-order valence-electron chi connectivity index (χ0n) is 13.4. The molecule has 0 unspecified atom stereocenters. The van der Waals surface area contributed by atoms with Crippen LogP contribution in [-0.2, 0) is 0 Å². The average Bonchev–Trinajstić information content (AvgIpc) is 2.25. The van der Waals surface area contributed by atoms with Gasteiger partial charge in [0, 0.05) is 43.7 Å². The van der Waals surface area contributed by atoms with Gasteiger partial charge in [-0.05, 0) is 51.4 Å². The van der Waals surface area contributed by atoms with Crippen LogP contribution in [0.3, 0.4) is 0 Å². The Balaban J connectivity index is 1.41. The lowest BCUT2D eigenvalue weighted by Gasteiger charge is -2.63. The molecule has 1 aliphatic carbocycles. The molecule has 1 saturated carbocycles. The fraction of sp³-hybridized carbons (Fsp3) is 1.00. The molecule has 0 radical (unpaired) electrons. The van der Waals surface area contributed by atoms with Crippen LogP contribution in [0.25, 0.3) is 0 Å². The molecule has 0 aromatic carbocycles. The predicted molar refractivity (Wildman–Crippen MR) is 81.3 cm³/mol. The van der Waals surface area contributed by atoms with E-state index in [4.69, 9.17) is 0 Å². The molecule has 110 valence electrons. The van der Waals surface area contributed by atoms with Gasteiger partial charge in [-0.25, -0.2) is 0 Å². The van der Waals surface area contributed by atoms with Crippen molar-refractivity contribution in [3.05, 3.63) is 0 Å². The summed E-state index contributed by atoms with van der Waals surface area (Å²) in [5, 5.41) is 0. The van der Waals surface area contributed by atoms with E-state index in [1.807, 2.05) is 0 Å². The maximum absolute atomic E-state index is 2.80. The van der Waals surface area contributed by atoms with Gasteiger partial charge < -0.3 is 0 Å².